The van der Waals surface area contributed by atoms with Crippen LogP contribution < -0.4 is 10.1 Å². The Hall–Kier alpha value is -1.33. The first kappa shape index (κ1) is 14.7. The van der Waals surface area contributed by atoms with Gasteiger partial charge in [0.05, 0.1) is 11.1 Å². The van der Waals surface area contributed by atoms with Crippen molar-refractivity contribution in [3.05, 3.63) is 40.9 Å². The van der Waals surface area contributed by atoms with E-state index in [4.69, 9.17) is 9.84 Å². The largest absolute Gasteiger partial charge is 0.480 e. The molecular formula is C13H16BrNO3. The molecule has 1 unspecified atom stereocenters. The van der Waals surface area contributed by atoms with Crippen molar-refractivity contribution < 1.29 is 14.6 Å². The Morgan fingerprint density at radius 3 is 2.94 bits per heavy atom. The van der Waals surface area contributed by atoms with E-state index in [1.54, 1.807) is 31.2 Å². The van der Waals surface area contributed by atoms with E-state index in [0.29, 0.717) is 16.8 Å². The second kappa shape index (κ2) is 7.18. The predicted octanol–water partition coefficient (Wildman–Crippen LogP) is 2.01. The Bertz CT molecular complexity index is 434. The van der Waals surface area contributed by atoms with Crippen LogP contribution in [0.1, 0.15) is 12.5 Å². The van der Waals surface area contributed by atoms with Crippen molar-refractivity contribution in [1.82, 2.24) is 5.32 Å². The molecule has 0 aromatic heterocycles. The normalized spacial score (nSPS) is 11.7. The van der Waals surface area contributed by atoms with E-state index in [1.165, 1.54) is 0 Å². The molecule has 1 amide bonds. The topological polar surface area (TPSA) is 58.6 Å². The number of carbonyl (C=O) groups is 1. The third-order valence-corrected chi connectivity index (χ3v) is 2.89. The van der Waals surface area contributed by atoms with Crippen LogP contribution in [0.3, 0.4) is 0 Å². The summed E-state index contributed by atoms with van der Waals surface area (Å²) < 4.78 is 6.23. The lowest BCUT2D eigenvalue weighted by Crippen LogP contribution is -2.36. The van der Waals surface area contributed by atoms with Gasteiger partial charge in [-0.3, -0.25) is 4.79 Å². The maximum atomic E-state index is 11.6. The van der Waals surface area contributed by atoms with E-state index in [0.717, 1.165) is 5.56 Å². The molecule has 98 valence electrons. The molecule has 0 radical (unpaired) electrons. The molecule has 5 heteroatoms. The van der Waals surface area contributed by atoms with Gasteiger partial charge in [-0.25, -0.2) is 0 Å². The fourth-order valence-corrected chi connectivity index (χ4v) is 1.82. The maximum absolute atomic E-state index is 11.6. The highest BCUT2D eigenvalue weighted by Gasteiger charge is 2.15. The molecule has 2 N–H and O–H groups in total. The zero-order chi connectivity index (χ0) is 13.5. The van der Waals surface area contributed by atoms with Crippen LogP contribution in [-0.4, -0.2) is 23.7 Å². The second-order valence-corrected chi connectivity index (χ2v) is 4.57. The fraction of sp³-hybridized carbons (Fsp3) is 0.308. The highest BCUT2D eigenvalue weighted by molar-refractivity contribution is 9.10. The molecule has 4 nitrogen and oxygen atoms in total. The van der Waals surface area contributed by atoms with Crippen LogP contribution in [0.15, 0.2) is 35.3 Å². The number of ether oxygens (including phenoxy) is 1. The van der Waals surface area contributed by atoms with E-state index in [-0.39, 0.29) is 12.5 Å². The van der Waals surface area contributed by atoms with Gasteiger partial charge in [0.25, 0.3) is 5.91 Å². The van der Waals surface area contributed by atoms with Crippen LogP contribution in [0, 0.1) is 0 Å². The Morgan fingerprint density at radius 2 is 2.39 bits per heavy atom. The summed E-state index contributed by atoms with van der Waals surface area (Å²) in [5.74, 6) is 0.362. The van der Waals surface area contributed by atoms with Crippen LogP contribution in [0.5, 0.6) is 5.75 Å². The van der Waals surface area contributed by atoms with Crippen molar-refractivity contribution in [3.8, 4) is 5.75 Å². The van der Waals surface area contributed by atoms with Gasteiger partial charge < -0.3 is 15.2 Å². The quantitative estimate of drug-likeness (QED) is 0.790. The van der Waals surface area contributed by atoms with Crippen LogP contribution in [0.4, 0.5) is 0 Å². The Kier molecular flexibility index (Phi) is 5.88. The fourth-order valence-electron chi connectivity index (χ4n) is 1.30. The first-order chi connectivity index (χ1) is 8.58. The summed E-state index contributed by atoms with van der Waals surface area (Å²) in [6.07, 6.45) is 1.01. The van der Waals surface area contributed by atoms with E-state index < -0.39 is 6.10 Å². The summed E-state index contributed by atoms with van der Waals surface area (Å²) >= 11 is 3.33. The maximum Gasteiger partial charge on any atom is 0.261 e. The molecule has 0 heterocycles. The molecule has 0 bridgehead atoms. The molecule has 18 heavy (non-hydrogen) atoms. The van der Waals surface area contributed by atoms with Gasteiger partial charge in [0, 0.05) is 6.54 Å². The second-order valence-electron chi connectivity index (χ2n) is 3.72. The van der Waals surface area contributed by atoms with Crippen LogP contribution in [0.2, 0.25) is 0 Å². The minimum Gasteiger partial charge on any atom is -0.480 e. The minimum atomic E-state index is -0.596. The lowest BCUT2D eigenvalue weighted by atomic mass is 10.2. The molecular weight excluding hydrogens is 298 g/mol. The van der Waals surface area contributed by atoms with Gasteiger partial charge >= 0.3 is 0 Å². The Labute approximate surface area is 115 Å². The first-order valence-electron chi connectivity index (χ1n) is 5.53. The monoisotopic (exact) mass is 313 g/mol. The average molecular weight is 314 g/mol. The SMILES string of the molecule is C=CCNC(=O)C(C)Oc1ccc(CO)cc1Br. The Balaban J connectivity index is 2.66. The summed E-state index contributed by atoms with van der Waals surface area (Å²) in [5, 5.41) is 11.6. The number of hydrogen-bond donors (Lipinski definition) is 2. The van der Waals surface area contributed by atoms with E-state index in [2.05, 4.69) is 27.8 Å². The molecule has 0 aliphatic heterocycles. The molecule has 1 aromatic carbocycles. The van der Waals surface area contributed by atoms with Crippen LogP contribution in [0.25, 0.3) is 0 Å². The molecule has 1 atom stereocenters. The number of aliphatic hydroxyl groups is 1. The lowest BCUT2D eigenvalue weighted by molar-refractivity contribution is -0.127. The lowest BCUT2D eigenvalue weighted by Gasteiger charge is -2.15. The number of rotatable bonds is 6. The van der Waals surface area contributed by atoms with Crippen LogP contribution >= 0.6 is 15.9 Å². The van der Waals surface area contributed by atoms with E-state index in [9.17, 15) is 4.79 Å². The number of hydrogen-bond acceptors (Lipinski definition) is 3. The summed E-state index contributed by atoms with van der Waals surface area (Å²) in [7, 11) is 0. The standard InChI is InChI=1S/C13H16BrNO3/c1-3-6-15-13(17)9(2)18-12-5-4-10(8-16)7-11(12)14/h3-5,7,9,16H,1,6,8H2,2H3,(H,15,17). The molecule has 0 aliphatic carbocycles. The van der Waals surface area contributed by atoms with Gasteiger partial charge in [0.15, 0.2) is 6.10 Å². The number of halogens is 1. The van der Waals surface area contributed by atoms with Crippen molar-refractivity contribution in [1.29, 1.82) is 0 Å². The zero-order valence-electron chi connectivity index (χ0n) is 10.1. The molecule has 1 rings (SSSR count). The molecule has 0 saturated heterocycles. The first-order valence-corrected chi connectivity index (χ1v) is 6.32. The molecule has 0 spiro atoms. The van der Waals surface area contributed by atoms with Gasteiger partial charge in [0.1, 0.15) is 5.75 Å². The van der Waals surface area contributed by atoms with E-state index in [1.807, 2.05) is 0 Å². The highest BCUT2D eigenvalue weighted by Crippen LogP contribution is 2.26. The third kappa shape index (κ3) is 4.16. The number of amides is 1. The zero-order valence-corrected chi connectivity index (χ0v) is 11.7. The van der Waals surface area contributed by atoms with Crippen LogP contribution in [-0.2, 0) is 11.4 Å². The number of benzene rings is 1. The molecule has 0 aliphatic rings. The summed E-state index contributed by atoms with van der Waals surface area (Å²) in [4.78, 5) is 11.6. The summed E-state index contributed by atoms with van der Waals surface area (Å²) in [5.41, 5.74) is 0.776. The third-order valence-electron chi connectivity index (χ3n) is 2.27. The van der Waals surface area contributed by atoms with Gasteiger partial charge in [-0.15, -0.1) is 6.58 Å². The molecule has 0 saturated carbocycles. The average Bonchev–Trinajstić information content (AvgIpc) is 2.38. The number of carbonyl (C=O) groups excluding carboxylic acids is 1. The van der Waals surface area contributed by atoms with Gasteiger partial charge in [-0.2, -0.15) is 0 Å². The van der Waals surface area contributed by atoms with E-state index >= 15 is 0 Å². The minimum absolute atomic E-state index is 0.0335. The van der Waals surface area contributed by atoms with Crippen molar-refractivity contribution >= 4 is 21.8 Å². The number of aliphatic hydroxyl groups excluding tert-OH is 1. The molecule has 0 fully saturated rings. The van der Waals surface area contributed by atoms with Crippen molar-refractivity contribution in [3.63, 3.8) is 0 Å². The van der Waals surface area contributed by atoms with Gasteiger partial charge in [-0.05, 0) is 40.5 Å². The summed E-state index contributed by atoms with van der Waals surface area (Å²) in [6.45, 7) is 5.57. The van der Waals surface area contributed by atoms with Gasteiger partial charge in [0.2, 0.25) is 0 Å². The Morgan fingerprint density at radius 1 is 1.67 bits per heavy atom. The highest BCUT2D eigenvalue weighted by atomic mass is 79.9. The number of nitrogens with one attached hydrogen (secondary N) is 1. The smallest absolute Gasteiger partial charge is 0.261 e. The van der Waals surface area contributed by atoms with Crippen molar-refractivity contribution in [2.45, 2.75) is 19.6 Å². The van der Waals surface area contributed by atoms with Crippen molar-refractivity contribution in [2.75, 3.05) is 6.54 Å². The summed E-state index contributed by atoms with van der Waals surface area (Å²) in [6, 6.07) is 5.21. The predicted molar refractivity (Wildman–Crippen MR) is 73.4 cm³/mol. The van der Waals surface area contributed by atoms with Gasteiger partial charge in [-0.1, -0.05) is 12.1 Å². The van der Waals surface area contributed by atoms with Crippen molar-refractivity contribution in [2.24, 2.45) is 0 Å². The molecule has 1 aromatic rings.